The molecule has 1 amide bonds. The van der Waals surface area contributed by atoms with Crippen molar-refractivity contribution in [3.63, 3.8) is 0 Å². The molecule has 0 saturated carbocycles. The summed E-state index contributed by atoms with van der Waals surface area (Å²) in [6, 6.07) is 0. The molecule has 0 rings (SSSR count). The Morgan fingerprint density at radius 2 is 1.50 bits per heavy atom. The van der Waals surface area contributed by atoms with Crippen LogP contribution in [0.5, 0.6) is 0 Å². The van der Waals surface area contributed by atoms with Crippen LogP contribution in [0, 0.1) is 11.8 Å². The summed E-state index contributed by atoms with van der Waals surface area (Å²) in [6.45, 7) is 10.5. The van der Waals surface area contributed by atoms with E-state index in [4.69, 9.17) is 11.6 Å². The van der Waals surface area contributed by atoms with Gasteiger partial charge in [0.05, 0.1) is 0 Å². The summed E-state index contributed by atoms with van der Waals surface area (Å²) in [5, 5.41) is 0. The SMILES string of the molecule is CC(C)CCN(CCC(C)C)C(=O)CCCl. The van der Waals surface area contributed by atoms with Crippen LogP contribution in [0.4, 0.5) is 0 Å². The van der Waals surface area contributed by atoms with Crippen LogP contribution in [0.3, 0.4) is 0 Å². The second-order valence-electron chi connectivity index (χ2n) is 5.18. The summed E-state index contributed by atoms with van der Waals surface area (Å²) in [5.41, 5.74) is 0. The third-order valence-corrected chi connectivity index (χ3v) is 2.80. The maximum absolute atomic E-state index is 11.8. The van der Waals surface area contributed by atoms with Crippen LogP contribution in [-0.4, -0.2) is 29.8 Å². The Hall–Kier alpha value is -0.240. The number of carbonyl (C=O) groups is 1. The largest absolute Gasteiger partial charge is 0.343 e. The van der Waals surface area contributed by atoms with Crippen LogP contribution in [0.1, 0.15) is 47.0 Å². The fraction of sp³-hybridized carbons (Fsp3) is 0.923. The Balaban J connectivity index is 4.09. The lowest BCUT2D eigenvalue weighted by Gasteiger charge is -2.24. The smallest absolute Gasteiger partial charge is 0.223 e. The molecule has 96 valence electrons. The highest BCUT2D eigenvalue weighted by atomic mass is 35.5. The van der Waals surface area contributed by atoms with Crippen molar-refractivity contribution in [1.29, 1.82) is 0 Å². The highest BCUT2D eigenvalue weighted by molar-refractivity contribution is 6.18. The fourth-order valence-corrected chi connectivity index (χ4v) is 1.59. The minimum Gasteiger partial charge on any atom is -0.343 e. The minimum absolute atomic E-state index is 0.205. The number of nitrogens with zero attached hydrogens (tertiary/aromatic N) is 1. The maximum Gasteiger partial charge on any atom is 0.223 e. The van der Waals surface area contributed by atoms with Crippen LogP contribution in [0.25, 0.3) is 0 Å². The Kier molecular flexibility index (Phi) is 8.73. The molecule has 0 radical (unpaired) electrons. The van der Waals surface area contributed by atoms with Crippen LogP contribution in [-0.2, 0) is 4.79 Å². The van der Waals surface area contributed by atoms with Crippen molar-refractivity contribution in [2.45, 2.75) is 47.0 Å². The molecule has 0 aromatic rings. The molecule has 0 fully saturated rings. The summed E-state index contributed by atoms with van der Waals surface area (Å²) >= 11 is 5.62. The lowest BCUT2D eigenvalue weighted by Crippen LogP contribution is -2.34. The molecule has 0 aliphatic rings. The Bertz CT molecular complexity index is 180. The van der Waals surface area contributed by atoms with E-state index in [1.807, 2.05) is 4.90 Å². The molecule has 0 spiro atoms. The minimum atomic E-state index is 0.205. The monoisotopic (exact) mass is 247 g/mol. The van der Waals surface area contributed by atoms with E-state index in [0.717, 1.165) is 25.9 Å². The van der Waals surface area contributed by atoms with Gasteiger partial charge >= 0.3 is 0 Å². The number of alkyl halides is 1. The van der Waals surface area contributed by atoms with E-state index >= 15 is 0 Å². The lowest BCUT2D eigenvalue weighted by molar-refractivity contribution is -0.131. The standard InChI is InChI=1S/C13H26ClNO/c1-11(2)6-9-15(10-7-12(3)4)13(16)5-8-14/h11-12H,5-10H2,1-4H3. The third-order valence-electron chi connectivity index (χ3n) is 2.61. The number of rotatable bonds is 8. The number of amides is 1. The molecule has 0 heterocycles. The van der Waals surface area contributed by atoms with Crippen molar-refractivity contribution >= 4 is 17.5 Å². The Morgan fingerprint density at radius 1 is 1.06 bits per heavy atom. The van der Waals surface area contributed by atoms with E-state index in [9.17, 15) is 4.79 Å². The highest BCUT2D eigenvalue weighted by Gasteiger charge is 2.13. The Morgan fingerprint density at radius 3 is 1.81 bits per heavy atom. The average Bonchev–Trinajstić information content (AvgIpc) is 2.17. The average molecular weight is 248 g/mol. The van der Waals surface area contributed by atoms with Crippen molar-refractivity contribution in [3.8, 4) is 0 Å². The van der Waals surface area contributed by atoms with Gasteiger partial charge in [0.25, 0.3) is 0 Å². The van der Waals surface area contributed by atoms with E-state index in [0.29, 0.717) is 24.1 Å². The molecule has 0 unspecified atom stereocenters. The molecular weight excluding hydrogens is 222 g/mol. The van der Waals surface area contributed by atoms with Crippen molar-refractivity contribution in [2.24, 2.45) is 11.8 Å². The van der Waals surface area contributed by atoms with Crippen LogP contribution < -0.4 is 0 Å². The zero-order valence-corrected chi connectivity index (χ0v) is 11.9. The molecule has 0 N–H and O–H groups in total. The third kappa shape index (κ3) is 7.98. The summed E-state index contributed by atoms with van der Waals surface area (Å²) in [4.78, 5) is 13.8. The highest BCUT2D eigenvalue weighted by Crippen LogP contribution is 2.08. The summed E-state index contributed by atoms with van der Waals surface area (Å²) < 4.78 is 0. The first kappa shape index (κ1) is 15.8. The van der Waals surface area contributed by atoms with Gasteiger partial charge in [-0.1, -0.05) is 27.7 Å². The molecule has 0 atom stereocenters. The van der Waals surface area contributed by atoms with Crippen molar-refractivity contribution < 1.29 is 4.79 Å². The maximum atomic E-state index is 11.8. The number of carbonyl (C=O) groups excluding carboxylic acids is 1. The fourth-order valence-electron chi connectivity index (χ4n) is 1.43. The van der Waals surface area contributed by atoms with E-state index in [-0.39, 0.29) is 5.91 Å². The van der Waals surface area contributed by atoms with Gasteiger partial charge in [-0.15, -0.1) is 11.6 Å². The van der Waals surface area contributed by atoms with Gasteiger partial charge in [-0.25, -0.2) is 0 Å². The van der Waals surface area contributed by atoms with Gasteiger partial charge < -0.3 is 4.90 Å². The first-order valence-electron chi connectivity index (χ1n) is 6.31. The summed E-state index contributed by atoms with van der Waals surface area (Å²) in [6.07, 6.45) is 2.62. The first-order valence-corrected chi connectivity index (χ1v) is 6.84. The predicted octanol–water partition coefficient (Wildman–Crippen LogP) is 3.54. The molecule has 0 bridgehead atoms. The molecule has 0 aromatic heterocycles. The molecule has 0 aromatic carbocycles. The van der Waals surface area contributed by atoms with E-state index < -0.39 is 0 Å². The lowest BCUT2D eigenvalue weighted by atomic mass is 10.1. The number of halogens is 1. The van der Waals surface area contributed by atoms with E-state index in [1.165, 1.54) is 0 Å². The number of hydrogen-bond acceptors (Lipinski definition) is 1. The summed E-state index contributed by atoms with van der Waals surface area (Å²) in [7, 11) is 0. The molecule has 0 aliphatic heterocycles. The zero-order chi connectivity index (χ0) is 12.6. The van der Waals surface area contributed by atoms with Gasteiger partial charge in [-0.2, -0.15) is 0 Å². The van der Waals surface area contributed by atoms with Crippen LogP contribution in [0.2, 0.25) is 0 Å². The predicted molar refractivity (Wildman–Crippen MR) is 70.8 cm³/mol. The van der Waals surface area contributed by atoms with Crippen molar-refractivity contribution in [3.05, 3.63) is 0 Å². The molecule has 3 heteroatoms. The van der Waals surface area contributed by atoms with Crippen LogP contribution in [0.15, 0.2) is 0 Å². The van der Waals surface area contributed by atoms with E-state index in [1.54, 1.807) is 0 Å². The molecule has 0 saturated heterocycles. The van der Waals surface area contributed by atoms with Gasteiger partial charge in [0, 0.05) is 25.4 Å². The molecule has 2 nitrogen and oxygen atoms in total. The Labute approximate surface area is 105 Å². The van der Waals surface area contributed by atoms with E-state index in [2.05, 4.69) is 27.7 Å². The summed E-state index contributed by atoms with van der Waals surface area (Å²) in [5.74, 6) is 1.92. The molecular formula is C13H26ClNO. The topological polar surface area (TPSA) is 20.3 Å². The number of hydrogen-bond donors (Lipinski definition) is 0. The van der Waals surface area contributed by atoms with Gasteiger partial charge in [0.1, 0.15) is 0 Å². The molecule has 0 aliphatic carbocycles. The second-order valence-corrected chi connectivity index (χ2v) is 5.56. The van der Waals surface area contributed by atoms with Gasteiger partial charge in [-0.3, -0.25) is 4.79 Å². The normalized spacial score (nSPS) is 11.2. The first-order chi connectivity index (χ1) is 7.47. The zero-order valence-electron chi connectivity index (χ0n) is 11.1. The van der Waals surface area contributed by atoms with Crippen LogP contribution >= 0.6 is 11.6 Å². The van der Waals surface area contributed by atoms with Gasteiger partial charge in [0.15, 0.2) is 0 Å². The van der Waals surface area contributed by atoms with Crippen molar-refractivity contribution in [1.82, 2.24) is 4.90 Å². The van der Waals surface area contributed by atoms with Crippen molar-refractivity contribution in [2.75, 3.05) is 19.0 Å². The second kappa shape index (κ2) is 8.86. The van der Waals surface area contributed by atoms with Gasteiger partial charge in [-0.05, 0) is 24.7 Å². The molecule has 16 heavy (non-hydrogen) atoms. The van der Waals surface area contributed by atoms with Gasteiger partial charge in [0.2, 0.25) is 5.91 Å². The quantitative estimate of drug-likeness (QED) is 0.601.